The number of rotatable bonds is 3. The van der Waals surface area contributed by atoms with Crippen LogP contribution in [0.1, 0.15) is 16.0 Å². The molecule has 0 radical (unpaired) electrons. The number of aromatic nitrogens is 2. The second kappa shape index (κ2) is 7.04. The lowest BCUT2D eigenvalue weighted by molar-refractivity contribution is 0.626. The number of nitrogens with zero attached hydrogens (tertiary/aromatic N) is 2. The monoisotopic (exact) mass is 414 g/mol. The summed E-state index contributed by atoms with van der Waals surface area (Å²) in [7, 11) is 0. The fourth-order valence-corrected chi connectivity index (χ4v) is 4.59. The van der Waals surface area contributed by atoms with Crippen molar-refractivity contribution >= 4 is 33.2 Å². The second-order valence-electron chi connectivity index (χ2n) is 6.54. The van der Waals surface area contributed by atoms with Gasteiger partial charge < -0.3 is 0 Å². The molecule has 0 N–H and O–H groups in total. The lowest BCUT2D eigenvalue weighted by atomic mass is 10.2. The lowest BCUT2D eigenvalue weighted by Gasteiger charge is -2.13. The van der Waals surface area contributed by atoms with Gasteiger partial charge in [-0.05, 0) is 49.2 Å². The summed E-state index contributed by atoms with van der Waals surface area (Å²) in [4.78, 5) is 28.1. The summed E-state index contributed by atoms with van der Waals surface area (Å²) in [5, 5.41) is 0.756. The highest BCUT2D eigenvalue weighted by Crippen LogP contribution is 2.28. The van der Waals surface area contributed by atoms with Crippen LogP contribution >= 0.6 is 22.9 Å². The Labute approximate surface area is 169 Å². The third-order valence-electron chi connectivity index (χ3n) is 4.81. The van der Waals surface area contributed by atoms with E-state index in [1.807, 2.05) is 19.9 Å². The molecule has 142 valence electrons. The minimum Gasteiger partial charge on any atom is -0.279 e. The van der Waals surface area contributed by atoms with Gasteiger partial charge in [0.15, 0.2) is 0 Å². The van der Waals surface area contributed by atoms with Gasteiger partial charge in [-0.1, -0.05) is 35.9 Å². The van der Waals surface area contributed by atoms with E-state index >= 15 is 0 Å². The average Bonchev–Trinajstić information content (AvgIpc) is 2.96. The molecular weight excluding hydrogens is 399 g/mol. The fraction of sp³-hybridized carbons (Fsp3) is 0.143. The highest BCUT2D eigenvalue weighted by atomic mass is 35.5. The molecule has 0 fully saturated rings. The van der Waals surface area contributed by atoms with E-state index in [0.717, 1.165) is 10.4 Å². The first-order valence-electron chi connectivity index (χ1n) is 8.63. The molecule has 2 heterocycles. The van der Waals surface area contributed by atoms with Gasteiger partial charge in [0.2, 0.25) is 0 Å². The maximum Gasteiger partial charge on any atom is 0.337 e. The molecule has 0 aliphatic heterocycles. The number of para-hydroxylation sites is 1. The van der Waals surface area contributed by atoms with Crippen molar-refractivity contribution in [3.63, 3.8) is 0 Å². The van der Waals surface area contributed by atoms with E-state index in [4.69, 9.17) is 11.6 Å². The van der Waals surface area contributed by atoms with E-state index in [2.05, 4.69) is 0 Å². The molecule has 2 aromatic heterocycles. The Hall–Kier alpha value is -2.70. The molecule has 0 aliphatic rings. The van der Waals surface area contributed by atoms with Gasteiger partial charge in [0.1, 0.15) is 10.6 Å². The first-order valence-corrected chi connectivity index (χ1v) is 9.83. The Morgan fingerprint density at radius 2 is 1.79 bits per heavy atom. The van der Waals surface area contributed by atoms with Crippen LogP contribution < -0.4 is 11.2 Å². The zero-order valence-electron chi connectivity index (χ0n) is 15.2. The van der Waals surface area contributed by atoms with Gasteiger partial charge in [-0.25, -0.2) is 13.8 Å². The first-order chi connectivity index (χ1) is 13.4. The molecule has 28 heavy (non-hydrogen) atoms. The van der Waals surface area contributed by atoms with Crippen LogP contribution in [-0.4, -0.2) is 9.13 Å². The lowest BCUT2D eigenvalue weighted by Crippen LogP contribution is -2.38. The standard InChI is InChI=1S/C21H16ClFN2O2S/c1-12-13(2)28-20-18(12)19(26)25(16-6-4-3-5-7-16)21(27)24(20)11-14-8-9-15(23)10-17(14)22/h3-10H,11H2,1-2H3. The maximum atomic E-state index is 13.4. The fourth-order valence-electron chi connectivity index (χ4n) is 3.22. The third kappa shape index (κ3) is 2.99. The van der Waals surface area contributed by atoms with Crippen molar-refractivity contribution in [1.29, 1.82) is 0 Å². The van der Waals surface area contributed by atoms with Crippen LogP contribution in [0.4, 0.5) is 4.39 Å². The Kier molecular flexibility index (Phi) is 4.69. The highest BCUT2D eigenvalue weighted by molar-refractivity contribution is 7.18. The number of benzene rings is 2. The summed E-state index contributed by atoms with van der Waals surface area (Å²) in [6.45, 7) is 3.94. The largest absolute Gasteiger partial charge is 0.337 e. The predicted molar refractivity (Wildman–Crippen MR) is 112 cm³/mol. The highest BCUT2D eigenvalue weighted by Gasteiger charge is 2.20. The molecule has 0 unspecified atom stereocenters. The second-order valence-corrected chi connectivity index (χ2v) is 8.15. The number of hydrogen-bond donors (Lipinski definition) is 0. The van der Waals surface area contributed by atoms with Crippen LogP contribution in [-0.2, 0) is 6.54 Å². The Bertz CT molecular complexity index is 1320. The zero-order chi connectivity index (χ0) is 20.0. The smallest absolute Gasteiger partial charge is 0.279 e. The minimum atomic E-state index is -0.453. The van der Waals surface area contributed by atoms with Gasteiger partial charge in [-0.3, -0.25) is 9.36 Å². The maximum absolute atomic E-state index is 13.4. The van der Waals surface area contributed by atoms with E-state index in [0.29, 0.717) is 21.5 Å². The van der Waals surface area contributed by atoms with Crippen molar-refractivity contribution in [1.82, 2.24) is 9.13 Å². The normalized spacial score (nSPS) is 11.3. The topological polar surface area (TPSA) is 44.0 Å². The Balaban J connectivity index is 2.06. The van der Waals surface area contributed by atoms with E-state index in [1.165, 1.54) is 32.6 Å². The molecule has 2 aromatic carbocycles. The molecule has 0 bridgehead atoms. The number of halogens is 2. The summed E-state index contributed by atoms with van der Waals surface area (Å²) in [5.41, 5.74) is 1.17. The van der Waals surface area contributed by atoms with Gasteiger partial charge in [-0.2, -0.15) is 0 Å². The van der Waals surface area contributed by atoms with Crippen LogP contribution in [0.3, 0.4) is 0 Å². The van der Waals surface area contributed by atoms with Crippen LogP contribution in [0, 0.1) is 19.7 Å². The molecule has 4 aromatic rings. The molecule has 0 atom stereocenters. The molecule has 0 saturated heterocycles. The quantitative estimate of drug-likeness (QED) is 0.489. The summed E-state index contributed by atoms with van der Waals surface area (Å²) in [5.74, 6) is -0.441. The van der Waals surface area contributed by atoms with Crippen LogP contribution in [0.15, 0.2) is 58.1 Å². The van der Waals surface area contributed by atoms with E-state index < -0.39 is 11.5 Å². The third-order valence-corrected chi connectivity index (χ3v) is 6.39. The SMILES string of the molecule is Cc1sc2c(c1C)c(=O)n(-c1ccccc1)c(=O)n2Cc1ccc(F)cc1Cl. The van der Waals surface area contributed by atoms with E-state index in [-0.39, 0.29) is 17.1 Å². The summed E-state index contributed by atoms with van der Waals surface area (Å²) < 4.78 is 16.1. The Morgan fingerprint density at radius 1 is 1.07 bits per heavy atom. The summed E-state index contributed by atoms with van der Waals surface area (Å²) in [6.07, 6.45) is 0. The van der Waals surface area contributed by atoms with E-state index in [9.17, 15) is 14.0 Å². The Morgan fingerprint density at radius 3 is 2.46 bits per heavy atom. The molecule has 4 rings (SSSR count). The molecule has 7 heteroatoms. The van der Waals surface area contributed by atoms with Crippen LogP contribution in [0.25, 0.3) is 15.9 Å². The van der Waals surface area contributed by atoms with Crippen molar-refractivity contribution in [3.8, 4) is 5.69 Å². The van der Waals surface area contributed by atoms with Crippen molar-refractivity contribution in [2.45, 2.75) is 20.4 Å². The van der Waals surface area contributed by atoms with Gasteiger partial charge in [0.25, 0.3) is 5.56 Å². The number of fused-ring (bicyclic) bond motifs is 1. The average molecular weight is 415 g/mol. The first kappa shape index (κ1) is 18.7. The van der Waals surface area contributed by atoms with Crippen molar-refractivity contribution in [2.75, 3.05) is 0 Å². The molecule has 0 amide bonds. The van der Waals surface area contributed by atoms with Crippen LogP contribution in [0.5, 0.6) is 0 Å². The van der Waals surface area contributed by atoms with Crippen molar-refractivity contribution in [3.05, 3.63) is 96.2 Å². The number of aryl methyl sites for hydroxylation is 2. The van der Waals surface area contributed by atoms with Crippen LogP contribution in [0.2, 0.25) is 5.02 Å². The van der Waals surface area contributed by atoms with Crippen molar-refractivity contribution < 1.29 is 4.39 Å². The van der Waals surface area contributed by atoms with E-state index in [1.54, 1.807) is 30.3 Å². The number of hydrogen-bond acceptors (Lipinski definition) is 3. The van der Waals surface area contributed by atoms with Gasteiger partial charge in [0.05, 0.1) is 17.6 Å². The predicted octanol–water partition coefficient (Wildman–Crippen LogP) is 4.67. The minimum absolute atomic E-state index is 0.140. The molecule has 4 nitrogen and oxygen atoms in total. The van der Waals surface area contributed by atoms with Crippen molar-refractivity contribution in [2.24, 2.45) is 0 Å². The number of thiophene rings is 1. The summed E-state index contributed by atoms with van der Waals surface area (Å²) >= 11 is 7.59. The van der Waals surface area contributed by atoms with Gasteiger partial charge in [-0.15, -0.1) is 11.3 Å². The molecule has 0 saturated carbocycles. The molecule has 0 aliphatic carbocycles. The molecule has 0 spiro atoms. The zero-order valence-corrected chi connectivity index (χ0v) is 16.8. The van der Waals surface area contributed by atoms with Gasteiger partial charge >= 0.3 is 5.69 Å². The molecular formula is C21H16ClFN2O2S. The summed E-state index contributed by atoms with van der Waals surface area (Å²) in [6, 6.07) is 12.9. The van der Waals surface area contributed by atoms with Gasteiger partial charge in [0, 0.05) is 9.90 Å².